The molecular formula is C13H16F6O3. The molecule has 0 aromatic rings. The molecule has 2 saturated carbocycles. The van der Waals surface area contributed by atoms with Gasteiger partial charge >= 0.3 is 12.4 Å². The van der Waals surface area contributed by atoms with Crippen molar-refractivity contribution in [2.45, 2.75) is 43.6 Å². The van der Waals surface area contributed by atoms with E-state index in [4.69, 9.17) is 0 Å². The molecule has 2 aliphatic carbocycles. The molecule has 128 valence electrons. The molecule has 0 aromatic carbocycles. The van der Waals surface area contributed by atoms with E-state index in [1.807, 2.05) is 0 Å². The Morgan fingerprint density at radius 3 is 1.86 bits per heavy atom. The van der Waals surface area contributed by atoms with Crippen LogP contribution < -0.4 is 0 Å². The number of rotatable bonds is 5. The van der Waals surface area contributed by atoms with Crippen molar-refractivity contribution < 1.29 is 41.0 Å². The van der Waals surface area contributed by atoms with Gasteiger partial charge < -0.3 is 9.84 Å². The summed E-state index contributed by atoms with van der Waals surface area (Å²) in [6.45, 7) is 0.412. The fraction of sp³-hybridized carbons (Fsp3) is 0.923. The maximum Gasteiger partial charge on any atom is 0.426 e. The van der Waals surface area contributed by atoms with Crippen molar-refractivity contribution in [3.05, 3.63) is 0 Å². The van der Waals surface area contributed by atoms with Crippen LogP contribution in [0.5, 0.6) is 0 Å². The Kier molecular flexibility index (Phi) is 4.40. The highest BCUT2D eigenvalue weighted by molar-refractivity contribution is 5.36. The molecule has 4 unspecified atom stereocenters. The molecule has 0 spiro atoms. The van der Waals surface area contributed by atoms with Crippen LogP contribution in [0.3, 0.4) is 0 Å². The maximum absolute atomic E-state index is 12.7. The Morgan fingerprint density at radius 1 is 0.955 bits per heavy atom. The molecule has 2 fully saturated rings. The maximum atomic E-state index is 12.7. The van der Waals surface area contributed by atoms with Gasteiger partial charge in [0, 0.05) is 0 Å². The first-order valence-electron chi connectivity index (χ1n) is 6.90. The van der Waals surface area contributed by atoms with Crippen LogP contribution in [0, 0.1) is 23.7 Å². The van der Waals surface area contributed by atoms with Gasteiger partial charge in [0.2, 0.25) is 0 Å². The summed E-state index contributed by atoms with van der Waals surface area (Å²) in [5.41, 5.74) is -4.66. The van der Waals surface area contributed by atoms with Crippen LogP contribution in [0.4, 0.5) is 26.3 Å². The molecule has 1 N–H and O–H groups in total. The monoisotopic (exact) mass is 334 g/mol. The lowest BCUT2D eigenvalue weighted by Gasteiger charge is -2.37. The van der Waals surface area contributed by atoms with Gasteiger partial charge in [0.25, 0.3) is 12.1 Å². The number of carbonyl (C=O) groups excluding carboxylic acids is 1. The molecule has 2 bridgehead atoms. The minimum Gasteiger partial charge on any atom is -0.468 e. The van der Waals surface area contributed by atoms with E-state index in [0.717, 1.165) is 0 Å². The molecule has 0 amide bonds. The van der Waals surface area contributed by atoms with E-state index in [9.17, 15) is 36.2 Å². The van der Waals surface area contributed by atoms with Gasteiger partial charge in [-0.05, 0) is 49.4 Å². The van der Waals surface area contributed by atoms with E-state index >= 15 is 0 Å². The summed E-state index contributed by atoms with van der Waals surface area (Å²) in [5.74, 6) is -1.20. The van der Waals surface area contributed by atoms with Gasteiger partial charge in [-0.1, -0.05) is 0 Å². The second kappa shape index (κ2) is 5.58. The molecule has 0 aromatic heterocycles. The van der Waals surface area contributed by atoms with Gasteiger partial charge in [0.15, 0.2) is 0 Å². The third kappa shape index (κ3) is 2.91. The predicted molar refractivity (Wildman–Crippen MR) is 61.5 cm³/mol. The third-order valence-electron chi connectivity index (χ3n) is 5.02. The zero-order valence-electron chi connectivity index (χ0n) is 11.5. The van der Waals surface area contributed by atoms with Gasteiger partial charge in [-0.2, -0.15) is 26.3 Å². The molecule has 0 heterocycles. The first-order valence-corrected chi connectivity index (χ1v) is 6.90. The van der Waals surface area contributed by atoms with Crippen molar-refractivity contribution >= 4 is 6.47 Å². The highest BCUT2D eigenvalue weighted by Crippen LogP contribution is 2.57. The zero-order chi connectivity index (χ0) is 16.8. The molecule has 3 nitrogen and oxygen atoms in total. The summed E-state index contributed by atoms with van der Waals surface area (Å²) in [6, 6.07) is 0. The van der Waals surface area contributed by atoms with Crippen LogP contribution in [-0.4, -0.2) is 36.1 Å². The first kappa shape index (κ1) is 17.4. The van der Waals surface area contributed by atoms with Crippen molar-refractivity contribution in [1.82, 2.24) is 0 Å². The van der Waals surface area contributed by atoms with Crippen LogP contribution in [0.15, 0.2) is 0 Å². The highest BCUT2D eigenvalue weighted by atomic mass is 19.4. The number of carbonyl (C=O) groups is 1. The van der Waals surface area contributed by atoms with E-state index in [0.29, 0.717) is 12.8 Å². The number of alkyl halides is 6. The molecule has 9 heteroatoms. The molecule has 0 aliphatic heterocycles. The van der Waals surface area contributed by atoms with Crippen LogP contribution in [0.2, 0.25) is 0 Å². The lowest BCUT2D eigenvalue weighted by molar-refractivity contribution is -0.373. The van der Waals surface area contributed by atoms with E-state index in [1.54, 1.807) is 0 Å². The van der Waals surface area contributed by atoms with Crippen LogP contribution in [0.1, 0.15) is 25.7 Å². The topological polar surface area (TPSA) is 46.5 Å². The van der Waals surface area contributed by atoms with Gasteiger partial charge in [0.1, 0.15) is 0 Å². The van der Waals surface area contributed by atoms with Gasteiger partial charge in [0.05, 0.1) is 6.61 Å². The van der Waals surface area contributed by atoms with Crippen molar-refractivity contribution in [3.63, 3.8) is 0 Å². The summed E-state index contributed by atoms with van der Waals surface area (Å²) in [6.07, 6.45) is -11.7. The summed E-state index contributed by atoms with van der Waals surface area (Å²) >= 11 is 0. The first-order chi connectivity index (χ1) is 9.99. The SMILES string of the molecule is O=COCC1CC2CC1CC2CC(O)(C(F)(F)F)C(F)(F)F. The Labute approximate surface area is 122 Å². The number of aliphatic hydroxyl groups is 1. The molecule has 0 radical (unpaired) electrons. The minimum atomic E-state index is -5.76. The molecule has 4 atom stereocenters. The number of hydrogen-bond donors (Lipinski definition) is 1. The fourth-order valence-corrected chi connectivity index (χ4v) is 3.90. The molecule has 2 rings (SSSR count). The third-order valence-corrected chi connectivity index (χ3v) is 5.02. The Balaban J connectivity index is 2.05. The highest BCUT2D eigenvalue weighted by Gasteiger charge is 2.71. The van der Waals surface area contributed by atoms with E-state index in [2.05, 4.69) is 4.74 Å². The van der Waals surface area contributed by atoms with E-state index in [1.165, 1.54) is 0 Å². The summed E-state index contributed by atoms with van der Waals surface area (Å²) < 4.78 is 80.9. The molecule has 2 aliphatic rings. The lowest BCUT2D eigenvalue weighted by atomic mass is 9.76. The second-order valence-corrected chi connectivity index (χ2v) is 6.24. The van der Waals surface area contributed by atoms with Crippen molar-refractivity contribution in [3.8, 4) is 0 Å². The largest absolute Gasteiger partial charge is 0.468 e. The number of halogens is 6. The normalized spacial score (nSPS) is 32.3. The van der Waals surface area contributed by atoms with E-state index in [-0.39, 0.29) is 37.3 Å². The van der Waals surface area contributed by atoms with Crippen LogP contribution in [-0.2, 0) is 9.53 Å². The van der Waals surface area contributed by atoms with Crippen molar-refractivity contribution in [2.24, 2.45) is 23.7 Å². The Hall–Kier alpha value is -0.990. The average Bonchev–Trinajstić information content (AvgIpc) is 2.92. The molecular weight excluding hydrogens is 318 g/mol. The summed E-state index contributed by atoms with van der Waals surface area (Å²) in [7, 11) is 0. The molecule has 0 saturated heterocycles. The van der Waals surface area contributed by atoms with Crippen molar-refractivity contribution in [2.75, 3.05) is 6.61 Å². The Bertz CT molecular complexity index is 405. The molecule has 22 heavy (non-hydrogen) atoms. The Morgan fingerprint density at radius 2 is 1.45 bits per heavy atom. The van der Waals surface area contributed by atoms with Gasteiger partial charge in [-0.15, -0.1) is 0 Å². The summed E-state index contributed by atoms with van der Waals surface area (Å²) in [4.78, 5) is 10.1. The summed E-state index contributed by atoms with van der Waals surface area (Å²) in [5, 5.41) is 9.26. The fourth-order valence-electron chi connectivity index (χ4n) is 3.90. The average molecular weight is 334 g/mol. The number of hydrogen-bond acceptors (Lipinski definition) is 3. The quantitative estimate of drug-likeness (QED) is 0.621. The van der Waals surface area contributed by atoms with Gasteiger partial charge in [-0.3, -0.25) is 4.79 Å². The second-order valence-electron chi connectivity index (χ2n) is 6.24. The van der Waals surface area contributed by atoms with Gasteiger partial charge in [-0.25, -0.2) is 0 Å². The van der Waals surface area contributed by atoms with Crippen LogP contribution >= 0.6 is 0 Å². The standard InChI is InChI=1S/C13H16F6O3/c14-12(15,16)11(21,13(17,18)19)4-9-2-8-1-7(9)3-10(8)5-22-6-20/h6-10,21H,1-5H2. The minimum absolute atomic E-state index is 0.0173. The van der Waals surface area contributed by atoms with E-state index < -0.39 is 30.3 Å². The smallest absolute Gasteiger partial charge is 0.426 e. The number of ether oxygens (including phenoxy) is 1. The van der Waals surface area contributed by atoms with Crippen LogP contribution in [0.25, 0.3) is 0 Å². The predicted octanol–water partition coefficient (Wildman–Crippen LogP) is 3.07. The zero-order valence-corrected chi connectivity index (χ0v) is 11.5. The van der Waals surface area contributed by atoms with Crippen molar-refractivity contribution in [1.29, 1.82) is 0 Å². The number of fused-ring (bicyclic) bond motifs is 2. The lowest BCUT2D eigenvalue weighted by Crippen LogP contribution is -2.58.